The first-order valence-corrected chi connectivity index (χ1v) is 14.7. The Balaban J connectivity index is 1.92. The molecule has 38 heavy (non-hydrogen) atoms. The summed E-state index contributed by atoms with van der Waals surface area (Å²) in [5.74, 6) is -5.87. The average molecular weight is 580 g/mol. The molecule has 8 nitrogen and oxygen atoms in total. The first-order chi connectivity index (χ1) is 17.4. The minimum absolute atomic E-state index is 0.0850. The quantitative estimate of drug-likeness (QED) is 0.414. The molecule has 1 unspecified atom stereocenters. The third-order valence-corrected chi connectivity index (χ3v) is 8.51. The second-order valence-electron chi connectivity index (χ2n) is 9.01. The molecule has 2 aromatic carbocycles. The first-order valence-electron chi connectivity index (χ1n) is 11.0. The lowest BCUT2D eigenvalue weighted by Crippen LogP contribution is -2.54. The molecule has 15 heteroatoms. The molecule has 1 aliphatic carbocycles. The van der Waals surface area contributed by atoms with Gasteiger partial charge in [0, 0.05) is 17.9 Å². The van der Waals surface area contributed by atoms with Gasteiger partial charge >= 0.3 is 6.18 Å². The van der Waals surface area contributed by atoms with Gasteiger partial charge in [0.25, 0.3) is 0 Å². The van der Waals surface area contributed by atoms with Crippen LogP contribution >= 0.6 is 0 Å². The van der Waals surface area contributed by atoms with E-state index in [0.717, 1.165) is 18.4 Å². The molecular weight excluding hydrogens is 557 g/mol. The van der Waals surface area contributed by atoms with Crippen molar-refractivity contribution in [3.63, 3.8) is 0 Å². The number of alkyl halides is 3. The molecule has 0 heterocycles. The molecule has 3 rings (SSSR count). The highest BCUT2D eigenvalue weighted by Gasteiger charge is 2.48. The maximum atomic E-state index is 14.3. The summed E-state index contributed by atoms with van der Waals surface area (Å²) >= 11 is 0. The molecule has 0 radical (unpaired) electrons. The van der Waals surface area contributed by atoms with Gasteiger partial charge in [-0.1, -0.05) is 18.2 Å². The van der Waals surface area contributed by atoms with Crippen molar-refractivity contribution < 1.29 is 43.6 Å². The van der Waals surface area contributed by atoms with Crippen LogP contribution in [0.15, 0.2) is 47.4 Å². The number of hydrogen-bond acceptors (Lipinski definition) is 7. The second kappa shape index (κ2) is 10.6. The molecule has 0 spiro atoms. The smallest absolute Gasteiger partial charge is 0.336 e. The molecule has 1 saturated carbocycles. The molecular formula is C23H22F5N3O5S2. The maximum absolute atomic E-state index is 14.3. The van der Waals surface area contributed by atoms with E-state index < -0.39 is 78.1 Å². The Hall–Kier alpha value is -3.09. The van der Waals surface area contributed by atoms with E-state index in [-0.39, 0.29) is 29.4 Å². The SMILES string of the molecule is CS(=O)(=O)c1ccc(CS(=O)(=O)CC(N[C@H](c2ccc(F)cc2F)C(F)(F)F)C(=O)NC2(C#N)CC2)cc1. The highest BCUT2D eigenvalue weighted by Crippen LogP contribution is 2.36. The van der Waals surface area contributed by atoms with E-state index in [9.17, 15) is 48.8 Å². The van der Waals surface area contributed by atoms with Crippen molar-refractivity contribution >= 4 is 25.6 Å². The topological polar surface area (TPSA) is 133 Å². The lowest BCUT2D eigenvalue weighted by molar-refractivity contribution is -0.161. The van der Waals surface area contributed by atoms with Crippen molar-refractivity contribution in [2.45, 2.75) is 47.3 Å². The minimum Gasteiger partial charge on any atom is -0.336 e. The standard InChI is InChI=1S/C23H22F5N3O5S2/c1-37(33,34)16-5-2-14(3-6-16)11-38(35,36)12-19(21(32)31-22(13-29)8-9-22)30-20(23(26,27)28)17-7-4-15(24)10-18(17)25/h2-7,10,19-20,30H,8-9,11-12H2,1H3,(H,31,32)/t19?,20-/m1/s1. The van der Waals surface area contributed by atoms with E-state index in [2.05, 4.69) is 5.32 Å². The van der Waals surface area contributed by atoms with Crippen LogP contribution in [0.4, 0.5) is 22.0 Å². The Kier molecular flexibility index (Phi) is 8.21. The zero-order valence-corrected chi connectivity index (χ0v) is 21.4. The number of benzene rings is 2. The van der Waals surface area contributed by atoms with Crippen LogP contribution in [-0.4, -0.2) is 52.5 Å². The maximum Gasteiger partial charge on any atom is 0.408 e. The number of carbonyl (C=O) groups excluding carboxylic acids is 1. The fourth-order valence-corrected chi connectivity index (χ4v) is 5.81. The minimum atomic E-state index is -5.23. The first kappa shape index (κ1) is 29.5. The van der Waals surface area contributed by atoms with E-state index in [1.807, 2.05) is 5.32 Å². The number of carbonyl (C=O) groups is 1. The Morgan fingerprint density at radius 3 is 2.16 bits per heavy atom. The van der Waals surface area contributed by atoms with Crippen LogP contribution in [-0.2, 0) is 30.2 Å². The summed E-state index contributed by atoms with van der Waals surface area (Å²) in [5, 5.41) is 13.3. The highest BCUT2D eigenvalue weighted by molar-refractivity contribution is 7.91. The Bertz CT molecular complexity index is 1470. The van der Waals surface area contributed by atoms with Gasteiger partial charge in [0.2, 0.25) is 5.91 Å². The van der Waals surface area contributed by atoms with Crippen molar-refractivity contribution in [1.29, 1.82) is 5.26 Å². The van der Waals surface area contributed by atoms with Crippen LogP contribution in [0.1, 0.15) is 30.0 Å². The van der Waals surface area contributed by atoms with Crippen LogP contribution in [0.3, 0.4) is 0 Å². The number of nitriles is 1. The molecule has 1 aliphatic rings. The lowest BCUT2D eigenvalue weighted by Gasteiger charge is -2.28. The molecule has 0 bridgehead atoms. The van der Waals surface area contributed by atoms with Gasteiger partial charge in [-0.15, -0.1) is 0 Å². The van der Waals surface area contributed by atoms with E-state index in [0.29, 0.717) is 12.1 Å². The Morgan fingerprint density at radius 2 is 1.68 bits per heavy atom. The van der Waals surface area contributed by atoms with Gasteiger partial charge in [-0.05, 0) is 36.6 Å². The number of nitrogens with zero attached hydrogens (tertiary/aromatic N) is 1. The van der Waals surface area contributed by atoms with E-state index >= 15 is 0 Å². The zero-order chi connectivity index (χ0) is 28.5. The van der Waals surface area contributed by atoms with E-state index in [1.165, 1.54) is 12.1 Å². The fourth-order valence-electron chi connectivity index (χ4n) is 3.61. The molecule has 1 fully saturated rings. The van der Waals surface area contributed by atoms with Gasteiger partial charge in [-0.3, -0.25) is 10.1 Å². The number of rotatable bonds is 10. The summed E-state index contributed by atoms with van der Waals surface area (Å²) in [6.45, 7) is 0. The fraction of sp³-hybridized carbons (Fsp3) is 0.391. The monoisotopic (exact) mass is 579 g/mol. The van der Waals surface area contributed by atoms with Crippen LogP contribution < -0.4 is 10.6 Å². The largest absolute Gasteiger partial charge is 0.408 e. The summed E-state index contributed by atoms with van der Waals surface area (Å²) in [4.78, 5) is 12.8. The molecule has 0 saturated heterocycles. The number of amides is 1. The van der Waals surface area contributed by atoms with Crippen LogP contribution in [0.5, 0.6) is 0 Å². The number of sulfone groups is 2. The predicted molar refractivity (Wildman–Crippen MR) is 125 cm³/mol. The van der Waals surface area contributed by atoms with Crippen molar-refractivity contribution in [3.05, 3.63) is 65.2 Å². The summed E-state index contributed by atoms with van der Waals surface area (Å²) in [6, 6.07) is 2.89. The summed E-state index contributed by atoms with van der Waals surface area (Å²) in [6.07, 6.45) is -3.87. The normalized spacial score (nSPS) is 16.8. The van der Waals surface area contributed by atoms with Crippen LogP contribution in [0, 0.1) is 23.0 Å². The lowest BCUT2D eigenvalue weighted by atomic mass is 10.0. The van der Waals surface area contributed by atoms with Crippen LogP contribution in [0.25, 0.3) is 0 Å². The average Bonchev–Trinajstić information content (AvgIpc) is 3.55. The zero-order valence-electron chi connectivity index (χ0n) is 19.7. The van der Waals surface area contributed by atoms with Crippen molar-refractivity contribution in [3.8, 4) is 6.07 Å². The molecule has 2 atom stereocenters. The molecule has 0 aromatic heterocycles. The van der Waals surface area contributed by atoms with Crippen molar-refractivity contribution in [1.82, 2.24) is 10.6 Å². The Morgan fingerprint density at radius 1 is 1.08 bits per heavy atom. The number of hydrogen-bond donors (Lipinski definition) is 2. The van der Waals surface area contributed by atoms with Gasteiger partial charge in [-0.2, -0.15) is 18.4 Å². The summed E-state index contributed by atoms with van der Waals surface area (Å²) in [7, 11) is -7.90. The van der Waals surface area contributed by atoms with Crippen LogP contribution in [0.2, 0.25) is 0 Å². The van der Waals surface area contributed by atoms with Gasteiger partial charge in [0.05, 0.1) is 22.5 Å². The number of halogens is 5. The Labute approximate surface area is 215 Å². The molecule has 2 N–H and O–H groups in total. The van der Waals surface area contributed by atoms with Gasteiger partial charge in [-0.25, -0.2) is 25.6 Å². The van der Waals surface area contributed by atoms with Crippen molar-refractivity contribution in [2.24, 2.45) is 0 Å². The predicted octanol–water partition coefficient (Wildman–Crippen LogP) is 2.72. The highest BCUT2D eigenvalue weighted by atomic mass is 32.2. The van der Waals surface area contributed by atoms with Crippen molar-refractivity contribution in [2.75, 3.05) is 12.0 Å². The molecule has 1 amide bonds. The molecule has 206 valence electrons. The van der Waals surface area contributed by atoms with Gasteiger partial charge in [0.15, 0.2) is 19.7 Å². The molecule has 2 aromatic rings. The third-order valence-electron chi connectivity index (χ3n) is 5.77. The van der Waals surface area contributed by atoms with E-state index in [4.69, 9.17) is 0 Å². The third kappa shape index (κ3) is 7.49. The molecule has 0 aliphatic heterocycles. The van der Waals surface area contributed by atoms with E-state index in [1.54, 1.807) is 6.07 Å². The van der Waals surface area contributed by atoms with Gasteiger partial charge < -0.3 is 5.32 Å². The number of nitrogens with one attached hydrogen (secondary N) is 2. The summed E-state index contributed by atoms with van der Waals surface area (Å²) < 4.78 is 118. The van der Waals surface area contributed by atoms with Gasteiger partial charge in [0.1, 0.15) is 29.3 Å². The second-order valence-corrected chi connectivity index (χ2v) is 13.1. The summed E-state index contributed by atoms with van der Waals surface area (Å²) in [5.41, 5.74) is -2.31.